The summed E-state index contributed by atoms with van der Waals surface area (Å²) in [6.45, 7) is 5.70. The predicted molar refractivity (Wildman–Crippen MR) is 143 cm³/mol. The van der Waals surface area contributed by atoms with Crippen molar-refractivity contribution in [3.8, 4) is 5.75 Å². The van der Waals surface area contributed by atoms with Gasteiger partial charge in [0.25, 0.3) is 0 Å². The molecule has 3 unspecified atom stereocenters. The van der Waals surface area contributed by atoms with Crippen LogP contribution >= 0.6 is 0 Å². The van der Waals surface area contributed by atoms with E-state index in [0.29, 0.717) is 25.0 Å². The van der Waals surface area contributed by atoms with Crippen LogP contribution < -0.4 is 4.74 Å². The van der Waals surface area contributed by atoms with Gasteiger partial charge in [0.2, 0.25) is 0 Å². The number of aryl methyl sites for hydroxylation is 1. The summed E-state index contributed by atoms with van der Waals surface area (Å²) < 4.78 is 12.7. The van der Waals surface area contributed by atoms with Gasteiger partial charge in [0.05, 0.1) is 18.3 Å². The van der Waals surface area contributed by atoms with Gasteiger partial charge in [-0.1, -0.05) is 73.7 Å². The molecule has 3 aromatic rings. The largest absolute Gasteiger partial charge is 0.489 e. The second-order valence-electron chi connectivity index (χ2n) is 11.8. The molecule has 0 saturated heterocycles. The summed E-state index contributed by atoms with van der Waals surface area (Å²) in [6.07, 6.45) is 5.45. The maximum absolute atomic E-state index is 12.0. The van der Waals surface area contributed by atoms with E-state index in [0.717, 1.165) is 31.4 Å². The normalized spacial score (nSPS) is 32.9. The van der Waals surface area contributed by atoms with Crippen LogP contribution in [-0.2, 0) is 24.4 Å². The van der Waals surface area contributed by atoms with Gasteiger partial charge in [-0.25, -0.2) is 0 Å². The van der Waals surface area contributed by atoms with E-state index < -0.39 is 5.60 Å². The molecule has 2 saturated carbocycles. The highest BCUT2D eigenvalue weighted by molar-refractivity contribution is 5.42. The van der Waals surface area contributed by atoms with Crippen LogP contribution in [0, 0.1) is 17.3 Å². The van der Waals surface area contributed by atoms with Crippen molar-refractivity contribution in [1.29, 1.82) is 0 Å². The van der Waals surface area contributed by atoms with Crippen LogP contribution in [0.1, 0.15) is 67.7 Å². The molecule has 3 aromatic carbocycles. The zero-order chi connectivity index (χ0) is 24.8. The van der Waals surface area contributed by atoms with Crippen LogP contribution in [0.3, 0.4) is 0 Å². The molecule has 0 spiro atoms. The Morgan fingerprint density at radius 2 is 1.53 bits per heavy atom. The van der Waals surface area contributed by atoms with E-state index in [4.69, 9.17) is 9.47 Å². The Morgan fingerprint density at radius 3 is 2.25 bits per heavy atom. The Morgan fingerprint density at radius 1 is 0.833 bits per heavy atom. The molecule has 3 nitrogen and oxygen atoms in total. The number of fused-ring (bicyclic) bond motifs is 5. The maximum Gasteiger partial charge on any atom is 0.120 e. The Kier molecular flexibility index (Phi) is 6.17. The van der Waals surface area contributed by atoms with Crippen molar-refractivity contribution in [2.75, 3.05) is 0 Å². The summed E-state index contributed by atoms with van der Waals surface area (Å²) in [5, 5.41) is 12.0. The van der Waals surface area contributed by atoms with Crippen molar-refractivity contribution in [1.82, 2.24) is 0 Å². The number of aliphatic hydroxyl groups is 1. The molecule has 1 N–H and O–H groups in total. The molecule has 0 radical (unpaired) electrons. The van der Waals surface area contributed by atoms with E-state index in [1.54, 1.807) is 0 Å². The third-order valence-corrected chi connectivity index (χ3v) is 9.42. The predicted octanol–water partition coefficient (Wildman–Crippen LogP) is 7.07. The van der Waals surface area contributed by atoms with Crippen molar-refractivity contribution in [2.24, 2.45) is 17.3 Å². The molecule has 3 aliphatic rings. The minimum atomic E-state index is -0.754. The molecule has 3 aliphatic carbocycles. The topological polar surface area (TPSA) is 38.7 Å². The van der Waals surface area contributed by atoms with Crippen LogP contribution in [-0.4, -0.2) is 16.8 Å². The van der Waals surface area contributed by atoms with Crippen molar-refractivity contribution in [3.05, 3.63) is 101 Å². The van der Waals surface area contributed by atoms with E-state index in [1.165, 1.54) is 28.7 Å². The van der Waals surface area contributed by atoms with E-state index >= 15 is 0 Å². The summed E-state index contributed by atoms with van der Waals surface area (Å²) in [4.78, 5) is 0. The first-order valence-electron chi connectivity index (χ1n) is 13.6. The molecule has 0 amide bonds. The number of hydrogen-bond acceptors (Lipinski definition) is 3. The van der Waals surface area contributed by atoms with Gasteiger partial charge >= 0.3 is 0 Å². The zero-order valence-corrected chi connectivity index (χ0v) is 21.5. The van der Waals surface area contributed by atoms with Gasteiger partial charge in [-0.2, -0.15) is 0 Å². The van der Waals surface area contributed by atoms with Crippen LogP contribution in [0.25, 0.3) is 0 Å². The third kappa shape index (κ3) is 4.27. The minimum Gasteiger partial charge on any atom is -0.489 e. The van der Waals surface area contributed by atoms with Gasteiger partial charge in [-0.05, 0) is 90.7 Å². The van der Waals surface area contributed by atoms with Crippen molar-refractivity contribution in [3.63, 3.8) is 0 Å². The van der Waals surface area contributed by atoms with E-state index in [1.807, 2.05) is 24.3 Å². The number of benzene rings is 3. The monoisotopic (exact) mass is 482 g/mol. The Labute approximate surface area is 215 Å². The van der Waals surface area contributed by atoms with Crippen molar-refractivity contribution < 1.29 is 14.6 Å². The number of rotatable bonds is 6. The van der Waals surface area contributed by atoms with Crippen LogP contribution in [0.5, 0.6) is 5.75 Å². The van der Waals surface area contributed by atoms with Gasteiger partial charge in [0.1, 0.15) is 12.4 Å². The van der Waals surface area contributed by atoms with Gasteiger partial charge in [-0.15, -0.1) is 0 Å². The molecular weight excluding hydrogens is 444 g/mol. The lowest BCUT2D eigenvalue weighted by molar-refractivity contribution is -0.145. The molecular formula is C33H38O3. The fourth-order valence-corrected chi connectivity index (χ4v) is 7.98. The first-order chi connectivity index (χ1) is 17.4. The fourth-order valence-electron chi connectivity index (χ4n) is 7.98. The summed E-state index contributed by atoms with van der Waals surface area (Å²) >= 11 is 0. The van der Waals surface area contributed by atoms with Crippen LogP contribution in [0.2, 0.25) is 0 Å². The smallest absolute Gasteiger partial charge is 0.120 e. The van der Waals surface area contributed by atoms with Crippen molar-refractivity contribution >= 4 is 0 Å². The molecule has 188 valence electrons. The molecule has 36 heavy (non-hydrogen) atoms. The SMILES string of the molecule is C[C@]1(O)C[C@@]2(C)C(CC[C@@H]2OCc2ccccc2)C2CCc3cc(OCc4ccccc4)ccc3C21. The quantitative estimate of drug-likeness (QED) is 0.408. The lowest BCUT2D eigenvalue weighted by Crippen LogP contribution is -2.55. The van der Waals surface area contributed by atoms with Crippen LogP contribution in [0.4, 0.5) is 0 Å². The first-order valence-corrected chi connectivity index (χ1v) is 13.6. The lowest BCUT2D eigenvalue weighted by atomic mass is 9.50. The van der Waals surface area contributed by atoms with Crippen LogP contribution in [0.15, 0.2) is 78.9 Å². The van der Waals surface area contributed by atoms with E-state index in [2.05, 4.69) is 68.4 Å². The molecule has 0 aliphatic heterocycles. The second-order valence-corrected chi connectivity index (χ2v) is 11.8. The molecule has 0 heterocycles. The number of ether oxygens (including phenoxy) is 2. The van der Waals surface area contributed by atoms with E-state index in [-0.39, 0.29) is 17.4 Å². The highest BCUT2D eigenvalue weighted by Crippen LogP contribution is 2.64. The molecule has 6 rings (SSSR count). The molecule has 0 aromatic heterocycles. The molecule has 2 fully saturated rings. The Hall–Kier alpha value is -2.62. The number of hydrogen-bond donors (Lipinski definition) is 1. The average Bonchev–Trinajstić information content (AvgIpc) is 3.21. The first kappa shape index (κ1) is 23.8. The second kappa shape index (κ2) is 9.36. The maximum atomic E-state index is 12.0. The van der Waals surface area contributed by atoms with Crippen molar-refractivity contribution in [2.45, 2.75) is 76.8 Å². The standard InChI is InChI=1S/C33H38O3/c1-32-22-33(2,34)31-27-16-14-26(35-20-23-9-5-3-6-10-23)19-25(27)13-15-28(31)29(32)17-18-30(32)36-21-24-11-7-4-8-12-24/h3-12,14,16,19,28-31,34H,13,15,17-18,20-22H2,1-2H3/t28?,29?,30-,31?,32-,33-/m0/s1. The minimum absolute atomic E-state index is 0.00961. The Bertz CT molecular complexity index is 1190. The highest BCUT2D eigenvalue weighted by Gasteiger charge is 2.61. The summed E-state index contributed by atoms with van der Waals surface area (Å²) in [5.41, 5.74) is 4.34. The average molecular weight is 483 g/mol. The zero-order valence-electron chi connectivity index (χ0n) is 21.5. The highest BCUT2D eigenvalue weighted by atomic mass is 16.5. The van der Waals surface area contributed by atoms with Gasteiger partial charge < -0.3 is 14.6 Å². The molecule has 0 bridgehead atoms. The summed E-state index contributed by atoms with van der Waals surface area (Å²) in [7, 11) is 0. The van der Waals surface area contributed by atoms with Gasteiger partial charge in [0, 0.05) is 5.92 Å². The third-order valence-electron chi connectivity index (χ3n) is 9.42. The molecule has 3 heteroatoms. The van der Waals surface area contributed by atoms with Gasteiger partial charge in [0.15, 0.2) is 0 Å². The summed E-state index contributed by atoms with van der Waals surface area (Å²) in [5.74, 6) is 2.18. The van der Waals surface area contributed by atoms with Gasteiger partial charge in [-0.3, -0.25) is 0 Å². The van der Waals surface area contributed by atoms with E-state index in [9.17, 15) is 5.11 Å². The molecule has 6 atom stereocenters. The lowest BCUT2D eigenvalue weighted by Gasteiger charge is -2.57. The fraction of sp³-hybridized carbons (Fsp3) is 0.455. The summed E-state index contributed by atoms with van der Waals surface area (Å²) in [6, 6.07) is 27.3. The Balaban J connectivity index is 1.21.